The Kier molecular flexibility index (Phi) is 5.80. The number of rotatable bonds is 7. The maximum atomic E-state index is 9.92. The van der Waals surface area contributed by atoms with Crippen molar-refractivity contribution >= 4 is 11.6 Å². The average molecular weight is 271 g/mol. The molecule has 0 aliphatic carbocycles. The Balaban J connectivity index is 2.56. The molecule has 0 atom stereocenters. The van der Waals surface area contributed by atoms with Gasteiger partial charge in [0.15, 0.2) is 0 Å². The second kappa shape index (κ2) is 6.89. The van der Waals surface area contributed by atoms with E-state index in [1.54, 1.807) is 6.07 Å². The van der Waals surface area contributed by atoms with Crippen molar-refractivity contribution in [3.63, 3.8) is 0 Å². The summed E-state index contributed by atoms with van der Waals surface area (Å²) in [4.78, 5) is -0.233. The van der Waals surface area contributed by atoms with Crippen LogP contribution >= 0.6 is 11.6 Å². The zero-order chi connectivity index (χ0) is 13.6. The molecule has 0 aromatic heterocycles. The molecule has 1 rings (SSSR count). The molecule has 0 radical (unpaired) electrons. The standard InChI is InChI=1S/C15H23ClO2/c1-4-5-10-18-13-7-6-12(14(17)11-13)8-9-15(2,3)16/h6-7,11,17H,4-5,8-10H2,1-3H3. The highest BCUT2D eigenvalue weighted by molar-refractivity contribution is 6.23. The summed E-state index contributed by atoms with van der Waals surface area (Å²) in [6.07, 6.45) is 3.74. The fourth-order valence-electron chi connectivity index (χ4n) is 1.61. The van der Waals surface area contributed by atoms with Gasteiger partial charge < -0.3 is 9.84 Å². The van der Waals surface area contributed by atoms with Crippen molar-refractivity contribution < 1.29 is 9.84 Å². The Morgan fingerprint density at radius 3 is 2.61 bits per heavy atom. The average Bonchev–Trinajstić information content (AvgIpc) is 2.27. The molecule has 0 aliphatic rings. The van der Waals surface area contributed by atoms with Crippen molar-refractivity contribution in [3.8, 4) is 11.5 Å². The van der Waals surface area contributed by atoms with Gasteiger partial charge in [-0.15, -0.1) is 11.6 Å². The smallest absolute Gasteiger partial charge is 0.122 e. The summed E-state index contributed by atoms with van der Waals surface area (Å²) in [6.45, 7) is 6.78. The largest absolute Gasteiger partial charge is 0.508 e. The van der Waals surface area contributed by atoms with Crippen LogP contribution in [-0.2, 0) is 6.42 Å². The summed E-state index contributed by atoms with van der Waals surface area (Å²) in [5, 5.41) is 9.92. The molecule has 0 amide bonds. The maximum Gasteiger partial charge on any atom is 0.122 e. The number of hydrogen-bond acceptors (Lipinski definition) is 2. The molecule has 1 aromatic rings. The lowest BCUT2D eigenvalue weighted by molar-refractivity contribution is 0.307. The van der Waals surface area contributed by atoms with Crippen molar-refractivity contribution in [1.82, 2.24) is 0 Å². The first-order chi connectivity index (χ1) is 8.42. The quantitative estimate of drug-likeness (QED) is 0.583. The minimum atomic E-state index is -0.233. The Morgan fingerprint density at radius 2 is 2.06 bits per heavy atom. The lowest BCUT2D eigenvalue weighted by Crippen LogP contribution is -2.11. The van der Waals surface area contributed by atoms with Gasteiger partial charge in [0, 0.05) is 10.9 Å². The van der Waals surface area contributed by atoms with Crippen molar-refractivity contribution in [2.45, 2.75) is 51.3 Å². The third-order valence-electron chi connectivity index (χ3n) is 2.81. The monoisotopic (exact) mass is 270 g/mol. The summed E-state index contributed by atoms with van der Waals surface area (Å²) < 4.78 is 5.54. The van der Waals surface area contributed by atoms with Gasteiger partial charge >= 0.3 is 0 Å². The molecule has 0 heterocycles. The van der Waals surface area contributed by atoms with E-state index >= 15 is 0 Å². The number of alkyl halides is 1. The number of halogens is 1. The summed E-state index contributed by atoms with van der Waals surface area (Å²) in [6, 6.07) is 5.51. The van der Waals surface area contributed by atoms with E-state index in [0.29, 0.717) is 12.4 Å². The molecular formula is C15H23ClO2. The number of hydrogen-bond donors (Lipinski definition) is 1. The van der Waals surface area contributed by atoms with Crippen LogP contribution in [0.15, 0.2) is 18.2 Å². The highest BCUT2D eigenvalue weighted by Gasteiger charge is 2.14. The van der Waals surface area contributed by atoms with Crippen LogP contribution in [0.25, 0.3) is 0 Å². The third kappa shape index (κ3) is 5.63. The highest BCUT2D eigenvalue weighted by Crippen LogP contribution is 2.28. The van der Waals surface area contributed by atoms with Gasteiger partial charge in [-0.05, 0) is 44.7 Å². The number of phenols is 1. The number of ether oxygens (including phenoxy) is 1. The van der Waals surface area contributed by atoms with Crippen molar-refractivity contribution in [2.75, 3.05) is 6.61 Å². The topological polar surface area (TPSA) is 29.5 Å². The number of aromatic hydroxyl groups is 1. The van der Waals surface area contributed by atoms with E-state index in [4.69, 9.17) is 16.3 Å². The molecule has 0 saturated carbocycles. The van der Waals surface area contributed by atoms with Crippen LogP contribution in [-0.4, -0.2) is 16.6 Å². The van der Waals surface area contributed by atoms with Crippen molar-refractivity contribution in [2.24, 2.45) is 0 Å². The minimum absolute atomic E-state index is 0.233. The van der Waals surface area contributed by atoms with E-state index in [1.807, 2.05) is 26.0 Å². The number of unbranched alkanes of at least 4 members (excludes halogenated alkanes) is 1. The van der Waals surface area contributed by atoms with Gasteiger partial charge in [-0.1, -0.05) is 19.4 Å². The second-order valence-electron chi connectivity index (χ2n) is 5.21. The van der Waals surface area contributed by atoms with Gasteiger partial charge in [0.1, 0.15) is 11.5 Å². The minimum Gasteiger partial charge on any atom is -0.508 e. The molecule has 18 heavy (non-hydrogen) atoms. The summed E-state index contributed by atoms with van der Waals surface area (Å²) in [5.74, 6) is 1.03. The molecule has 102 valence electrons. The molecule has 0 aliphatic heterocycles. The van der Waals surface area contributed by atoms with Crippen LogP contribution in [0, 0.1) is 0 Å². The van der Waals surface area contributed by atoms with Crippen LogP contribution < -0.4 is 4.74 Å². The number of benzene rings is 1. The Labute approximate surface area is 115 Å². The highest BCUT2D eigenvalue weighted by atomic mass is 35.5. The first-order valence-electron chi connectivity index (χ1n) is 6.56. The summed E-state index contributed by atoms with van der Waals surface area (Å²) in [5.41, 5.74) is 0.923. The van der Waals surface area contributed by atoms with E-state index in [1.165, 1.54) is 0 Å². The zero-order valence-electron chi connectivity index (χ0n) is 11.5. The van der Waals surface area contributed by atoms with Gasteiger partial charge in [-0.25, -0.2) is 0 Å². The molecule has 1 aromatic carbocycles. The van der Waals surface area contributed by atoms with Crippen LogP contribution in [0.2, 0.25) is 0 Å². The molecule has 0 spiro atoms. The fraction of sp³-hybridized carbons (Fsp3) is 0.600. The number of phenolic OH excluding ortho intramolecular Hbond substituents is 1. The van der Waals surface area contributed by atoms with Gasteiger partial charge in [0.25, 0.3) is 0 Å². The van der Waals surface area contributed by atoms with Crippen molar-refractivity contribution in [3.05, 3.63) is 23.8 Å². The molecule has 0 bridgehead atoms. The zero-order valence-corrected chi connectivity index (χ0v) is 12.3. The van der Waals surface area contributed by atoms with E-state index < -0.39 is 0 Å². The Hall–Kier alpha value is -0.890. The lowest BCUT2D eigenvalue weighted by atomic mass is 10.0. The van der Waals surface area contributed by atoms with Crippen LogP contribution in [0.5, 0.6) is 11.5 Å². The van der Waals surface area contributed by atoms with Crippen LogP contribution in [0.4, 0.5) is 0 Å². The normalized spacial score (nSPS) is 11.6. The first-order valence-corrected chi connectivity index (χ1v) is 6.94. The van der Waals surface area contributed by atoms with E-state index in [9.17, 15) is 5.11 Å². The molecular weight excluding hydrogens is 248 g/mol. The van der Waals surface area contributed by atoms with Gasteiger partial charge in [-0.2, -0.15) is 0 Å². The van der Waals surface area contributed by atoms with Crippen LogP contribution in [0.3, 0.4) is 0 Å². The van der Waals surface area contributed by atoms with E-state index in [0.717, 1.165) is 37.0 Å². The predicted molar refractivity (Wildman–Crippen MR) is 76.8 cm³/mol. The predicted octanol–water partition coefficient (Wildman–Crippen LogP) is 4.52. The first kappa shape index (κ1) is 15.2. The molecule has 0 fully saturated rings. The van der Waals surface area contributed by atoms with E-state index in [-0.39, 0.29) is 4.87 Å². The van der Waals surface area contributed by atoms with Gasteiger partial charge in [0.05, 0.1) is 6.61 Å². The lowest BCUT2D eigenvalue weighted by Gasteiger charge is -2.16. The SMILES string of the molecule is CCCCOc1ccc(CCC(C)(C)Cl)c(O)c1. The fourth-order valence-corrected chi connectivity index (χ4v) is 1.71. The van der Waals surface area contributed by atoms with Gasteiger partial charge in [-0.3, -0.25) is 0 Å². The second-order valence-corrected chi connectivity index (χ2v) is 6.23. The van der Waals surface area contributed by atoms with Crippen LogP contribution in [0.1, 0.15) is 45.6 Å². The molecule has 0 saturated heterocycles. The molecule has 2 nitrogen and oxygen atoms in total. The molecule has 1 N–H and O–H groups in total. The summed E-state index contributed by atoms with van der Waals surface area (Å²) >= 11 is 6.14. The van der Waals surface area contributed by atoms with E-state index in [2.05, 4.69) is 6.92 Å². The Morgan fingerprint density at radius 1 is 1.33 bits per heavy atom. The molecule has 3 heteroatoms. The summed E-state index contributed by atoms with van der Waals surface area (Å²) in [7, 11) is 0. The maximum absolute atomic E-state index is 9.92. The number of aryl methyl sites for hydroxylation is 1. The molecule has 0 unspecified atom stereocenters. The van der Waals surface area contributed by atoms with Gasteiger partial charge in [0.2, 0.25) is 0 Å². The van der Waals surface area contributed by atoms with Crippen molar-refractivity contribution in [1.29, 1.82) is 0 Å². The third-order valence-corrected chi connectivity index (χ3v) is 3.00. The Bertz CT molecular complexity index is 369.